The van der Waals surface area contributed by atoms with E-state index in [0.29, 0.717) is 0 Å². The number of aliphatic hydroxyl groups excluding tert-OH is 2. The summed E-state index contributed by atoms with van der Waals surface area (Å²) in [6.45, 7) is 0.0352. The first-order valence-electron chi connectivity index (χ1n) is 5.16. The van der Waals surface area contributed by atoms with Gasteiger partial charge in [-0.3, -0.25) is 0 Å². The number of hydrogen-bond donors (Lipinski definition) is 2. The quantitative estimate of drug-likeness (QED) is 0.471. The van der Waals surface area contributed by atoms with Crippen molar-refractivity contribution in [2.24, 2.45) is 5.11 Å². The number of rotatable bonds is 5. The minimum absolute atomic E-state index is 0.0352. The van der Waals surface area contributed by atoms with Gasteiger partial charge in [-0.15, -0.1) is 0 Å². The molecule has 0 radical (unpaired) electrons. The van der Waals surface area contributed by atoms with Gasteiger partial charge in [-0.25, -0.2) is 4.39 Å². The van der Waals surface area contributed by atoms with Crippen molar-refractivity contribution < 1.29 is 14.6 Å². The number of hydrogen-bond acceptors (Lipinski definition) is 4. The van der Waals surface area contributed by atoms with Crippen LogP contribution < -0.4 is 0 Å². The fourth-order valence-corrected chi connectivity index (χ4v) is 1.42. The zero-order chi connectivity index (χ0) is 13.5. The molecule has 0 aliphatic rings. The number of azide groups is 1. The molecule has 1 aromatic rings. The van der Waals surface area contributed by atoms with E-state index in [9.17, 15) is 14.6 Å². The van der Waals surface area contributed by atoms with E-state index in [1.54, 1.807) is 6.07 Å². The molecule has 0 aliphatic carbocycles. The second kappa shape index (κ2) is 6.57. The standard InChI is InChI=1S/C11H11FN4O2/c12-9-5-7(1-2-8(9)6-13)11(18)10(17)3-4-15-16-14/h1-2,5,10-11,17-18H,3-4H2. The van der Waals surface area contributed by atoms with Gasteiger partial charge in [-0.05, 0) is 29.6 Å². The molecule has 18 heavy (non-hydrogen) atoms. The van der Waals surface area contributed by atoms with Gasteiger partial charge in [0.1, 0.15) is 18.0 Å². The maximum absolute atomic E-state index is 13.3. The van der Waals surface area contributed by atoms with Gasteiger partial charge < -0.3 is 10.2 Å². The number of benzene rings is 1. The van der Waals surface area contributed by atoms with Crippen molar-refractivity contribution in [3.63, 3.8) is 0 Å². The highest BCUT2D eigenvalue weighted by Crippen LogP contribution is 2.21. The second-order valence-corrected chi connectivity index (χ2v) is 3.61. The number of nitriles is 1. The van der Waals surface area contributed by atoms with E-state index in [-0.39, 0.29) is 24.1 Å². The summed E-state index contributed by atoms with van der Waals surface area (Å²) in [6, 6.07) is 5.25. The third-order valence-corrected chi connectivity index (χ3v) is 2.41. The average molecular weight is 250 g/mol. The molecule has 1 aromatic carbocycles. The molecule has 94 valence electrons. The molecular weight excluding hydrogens is 239 g/mol. The van der Waals surface area contributed by atoms with E-state index in [1.807, 2.05) is 0 Å². The fraction of sp³-hybridized carbons (Fsp3) is 0.364. The van der Waals surface area contributed by atoms with Crippen LogP contribution in [0, 0.1) is 17.1 Å². The minimum atomic E-state index is -1.29. The lowest BCUT2D eigenvalue weighted by molar-refractivity contribution is 0.0149. The molecule has 2 atom stereocenters. The lowest BCUT2D eigenvalue weighted by Gasteiger charge is -2.17. The molecular formula is C11H11FN4O2. The summed E-state index contributed by atoms with van der Waals surface area (Å²) in [4.78, 5) is 2.51. The number of halogens is 1. The molecule has 6 nitrogen and oxygen atoms in total. The van der Waals surface area contributed by atoms with Gasteiger partial charge in [0.15, 0.2) is 0 Å². The highest BCUT2D eigenvalue weighted by molar-refractivity contribution is 5.34. The molecule has 7 heteroatoms. The molecule has 2 unspecified atom stereocenters. The lowest BCUT2D eigenvalue weighted by atomic mass is 10.0. The summed E-state index contributed by atoms with van der Waals surface area (Å²) in [7, 11) is 0. The van der Waals surface area contributed by atoms with Gasteiger partial charge in [-0.2, -0.15) is 5.26 Å². The maximum atomic E-state index is 13.3. The summed E-state index contributed by atoms with van der Waals surface area (Å²) in [6.07, 6.45) is -2.39. The van der Waals surface area contributed by atoms with Gasteiger partial charge in [0.25, 0.3) is 0 Å². The molecule has 0 aliphatic heterocycles. The van der Waals surface area contributed by atoms with E-state index in [4.69, 9.17) is 10.8 Å². The van der Waals surface area contributed by atoms with Crippen molar-refractivity contribution in [1.82, 2.24) is 0 Å². The first kappa shape index (κ1) is 13.9. The van der Waals surface area contributed by atoms with E-state index < -0.39 is 18.0 Å². The zero-order valence-corrected chi connectivity index (χ0v) is 9.36. The van der Waals surface area contributed by atoms with E-state index in [2.05, 4.69) is 10.0 Å². The van der Waals surface area contributed by atoms with Gasteiger partial charge in [0.2, 0.25) is 0 Å². The Kier molecular flexibility index (Phi) is 5.08. The Balaban J connectivity index is 2.77. The average Bonchev–Trinajstić information content (AvgIpc) is 2.38. The van der Waals surface area contributed by atoms with Crippen LogP contribution in [0.25, 0.3) is 10.4 Å². The van der Waals surface area contributed by atoms with Crippen molar-refractivity contribution >= 4 is 0 Å². The molecule has 0 heterocycles. The predicted molar refractivity (Wildman–Crippen MR) is 60.7 cm³/mol. The smallest absolute Gasteiger partial charge is 0.141 e. The van der Waals surface area contributed by atoms with Crippen molar-refractivity contribution in [3.8, 4) is 6.07 Å². The highest BCUT2D eigenvalue weighted by atomic mass is 19.1. The third kappa shape index (κ3) is 3.43. The fourth-order valence-electron chi connectivity index (χ4n) is 1.42. The molecule has 0 aromatic heterocycles. The van der Waals surface area contributed by atoms with Crippen LogP contribution in [0.15, 0.2) is 23.3 Å². The third-order valence-electron chi connectivity index (χ3n) is 2.41. The largest absolute Gasteiger partial charge is 0.390 e. The summed E-state index contributed by atoms with van der Waals surface area (Å²) in [5.74, 6) is -0.753. The van der Waals surface area contributed by atoms with Crippen LogP contribution in [0.3, 0.4) is 0 Å². The monoisotopic (exact) mass is 250 g/mol. The Hall–Kier alpha value is -2.13. The van der Waals surface area contributed by atoms with Crippen LogP contribution in [0.4, 0.5) is 4.39 Å². The molecule has 0 saturated carbocycles. The molecule has 0 bridgehead atoms. The van der Waals surface area contributed by atoms with Crippen LogP contribution in [0.1, 0.15) is 23.7 Å². The molecule has 1 rings (SSSR count). The SMILES string of the molecule is N#Cc1ccc(C(O)C(O)CCN=[N+]=[N-])cc1F. The Morgan fingerprint density at radius 3 is 2.78 bits per heavy atom. The normalized spacial score (nSPS) is 13.2. The second-order valence-electron chi connectivity index (χ2n) is 3.61. The van der Waals surface area contributed by atoms with Crippen LogP contribution in [-0.2, 0) is 0 Å². The number of nitrogens with zero attached hydrogens (tertiary/aromatic N) is 4. The van der Waals surface area contributed by atoms with Crippen molar-refractivity contribution in [1.29, 1.82) is 5.26 Å². The van der Waals surface area contributed by atoms with Gasteiger partial charge in [0.05, 0.1) is 11.7 Å². The zero-order valence-electron chi connectivity index (χ0n) is 9.36. The summed E-state index contributed by atoms with van der Waals surface area (Å²) in [5.41, 5.74) is 8.10. The van der Waals surface area contributed by atoms with Crippen molar-refractivity contribution in [2.45, 2.75) is 18.6 Å². The highest BCUT2D eigenvalue weighted by Gasteiger charge is 2.19. The van der Waals surface area contributed by atoms with Crippen molar-refractivity contribution in [2.75, 3.05) is 6.54 Å². The van der Waals surface area contributed by atoms with Crippen LogP contribution >= 0.6 is 0 Å². The minimum Gasteiger partial charge on any atom is -0.390 e. The van der Waals surface area contributed by atoms with Crippen molar-refractivity contribution in [3.05, 3.63) is 45.6 Å². The van der Waals surface area contributed by atoms with Gasteiger partial charge in [-0.1, -0.05) is 11.2 Å². The Labute approximate surface area is 103 Å². The summed E-state index contributed by atoms with van der Waals surface area (Å²) in [5, 5.41) is 31.1. The predicted octanol–water partition coefficient (Wildman–Crippen LogP) is 1.79. The lowest BCUT2D eigenvalue weighted by Crippen LogP contribution is -2.19. The first-order chi connectivity index (χ1) is 8.60. The Morgan fingerprint density at radius 1 is 1.50 bits per heavy atom. The molecule has 0 saturated heterocycles. The molecule has 0 spiro atoms. The van der Waals surface area contributed by atoms with E-state index in [0.717, 1.165) is 6.07 Å². The summed E-state index contributed by atoms with van der Waals surface area (Å²) < 4.78 is 13.3. The Bertz CT molecular complexity index is 508. The topological polar surface area (TPSA) is 113 Å². The summed E-state index contributed by atoms with van der Waals surface area (Å²) >= 11 is 0. The van der Waals surface area contributed by atoms with Crippen LogP contribution in [0.5, 0.6) is 0 Å². The van der Waals surface area contributed by atoms with Crippen LogP contribution in [-0.4, -0.2) is 22.9 Å². The maximum Gasteiger partial charge on any atom is 0.141 e. The first-order valence-corrected chi connectivity index (χ1v) is 5.16. The Morgan fingerprint density at radius 2 is 2.22 bits per heavy atom. The van der Waals surface area contributed by atoms with Gasteiger partial charge >= 0.3 is 0 Å². The van der Waals surface area contributed by atoms with E-state index in [1.165, 1.54) is 12.1 Å². The molecule has 0 amide bonds. The molecule has 0 fully saturated rings. The van der Waals surface area contributed by atoms with Crippen LogP contribution in [0.2, 0.25) is 0 Å². The van der Waals surface area contributed by atoms with E-state index >= 15 is 0 Å². The number of aliphatic hydroxyl groups is 2. The van der Waals surface area contributed by atoms with Gasteiger partial charge in [0, 0.05) is 11.5 Å². The molecule has 2 N–H and O–H groups in total.